The molecular formula is C30H55NO9. The lowest BCUT2D eigenvalue weighted by molar-refractivity contribution is -0.302. The third-order valence-electron chi connectivity index (χ3n) is 7.25. The Hall–Kier alpha value is -1.37. The number of allylic oxidation sites excluding steroid dienone is 3. The summed E-state index contributed by atoms with van der Waals surface area (Å²) in [6, 6.07) is -0.989. The first-order valence-electron chi connectivity index (χ1n) is 15.1. The molecule has 8 atom stereocenters. The molecule has 0 saturated carbocycles. The fraction of sp³-hybridized carbons (Fsp3) is 0.833. The summed E-state index contributed by atoms with van der Waals surface area (Å²) in [5.41, 5.74) is 1.33. The largest absolute Gasteiger partial charge is 0.394 e. The molecule has 10 nitrogen and oxygen atoms in total. The van der Waals surface area contributed by atoms with Crippen molar-refractivity contribution in [1.82, 2.24) is 5.32 Å². The summed E-state index contributed by atoms with van der Waals surface area (Å²) in [6.07, 6.45) is 7.11. The highest BCUT2D eigenvalue weighted by atomic mass is 16.7. The van der Waals surface area contributed by atoms with E-state index in [1.54, 1.807) is 6.08 Å². The number of unbranched alkanes of at least 4 members (excludes halogenated alkanes) is 7. The second kappa shape index (κ2) is 21.4. The molecule has 1 aliphatic heterocycles. The van der Waals surface area contributed by atoms with Crippen LogP contribution in [0.2, 0.25) is 0 Å². The van der Waals surface area contributed by atoms with E-state index in [-0.39, 0.29) is 6.61 Å². The van der Waals surface area contributed by atoms with Crippen LogP contribution in [0.3, 0.4) is 0 Å². The Balaban J connectivity index is 2.77. The Morgan fingerprint density at radius 2 is 1.62 bits per heavy atom. The quantitative estimate of drug-likeness (QED) is 0.0804. The van der Waals surface area contributed by atoms with Gasteiger partial charge in [0.25, 0.3) is 0 Å². The molecule has 0 aromatic heterocycles. The molecule has 2 unspecified atom stereocenters. The van der Waals surface area contributed by atoms with Crippen LogP contribution in [0.4, 0.5) is 0 Å². The molecule has 0 radical (unpaired) electrons. The molecule has 7 N–H and O–H groups in total. The lowest BCUT2D eigenvalue weighted by Gasteiger charge is -2.40. The number of hydrogen-bond acceptors (Lipinski definition) is 9. The normalized spacial score (nSPS) is 26.1. The summed E-state index contributed by atoms with van der Waals surface area (Å²) in [7, 11) is 0. The van der Waals surface area contributed by atoms with Gasteiger partial charge >= 0.3 is 0 Å². The van der Waals surface area contributed by atoms with Crippen molar-refractivity contribution in [3.8, 4) is 0 Å². The van der Waals surface area contributed by atoms with Gasteiger partial charge in [0.1, 0.15) is 30.5 Å². The topological polar surface area (TPSA) is 169 Å². The molecule has 0 spiro atoms. The number of carbonyl (C=O) groups excluding carboxylic acids is 1. The summed E-state index contributed by atoms with van der Waals surface area (Å²) in [6.45, 7) is 5.48. The van der Waals surface area contributed by atoms with Crippen LogP contribution in [0.1, 0.15) is 97.8 Å². The highest BCUT2D eigenvalue weighted by Gasteiger charge is 2.44. The van der Waals surface area contributed by atoms with Crippen molar-refractivity contribution >= 4 is 5.91 Å². The Labute approximate surface area is 240 Å². The van der Waals surface area contributed by atoms with Crippen molar-refractivity contribution in [2.45, 2.75) is 147 Å². The van der Waals surface area contributed by atoms with Crippen LogP contribution in [-0.4, -0.2) is 98.7 Å². The summed E-state index contributed by atoms with van der Waals surface area (Å²) in [5.74, 6) is -0.641. The molecule has 0 bridgehead atoms. The zero-order valence-corrected chi connectivity index (χ0v) is 24.7. The van der Waals surface area contributed by atoms with Gasteiger partial charge in [0.2, 0.25) is 5.91 Å². The zero-order chi connectivity index (χ0) is 29.9. The van der Waals surface area contributed by atoms with Crippen LogP contribution in [0.5, 0.6) is 0 Å². The van der Waals surface area contributed by atoms with E-state index in [0.717, 1.165) is 51.4 Å². The fourth-order valence-electron chi connectivity index (χ4n) is 4.51. The molecule has 10 heteroatoms. The number of carbonyl (C=O) groups is 1. The molecule has 0 aliphatic carbocycles. The predicted octanol–water partition coefficient (Wildman–Crippen LogP) is 2.23. The van der Waals surface area contributed by atoms with Crippen LogP contribution in [0, 0.1) is 0 Å². The highest BCUT2D eigenvalue weighted by Crippen LogP contribution is 2.22. The van der Waals surface area contributed by atoms with Crippen molar-refractivity contribution in [2.24, 2.45) is 0 Å². The zero-order valence-electron chi connectivity index (χ0n) is 24.7. The summed E-state index contributed by atoms with van der Waals surface area (Å²) < 4.78 is 11.0. The fourth-order valence-corrected chi connectivity index (χ4v) is 4.51. The van der Waals surface area contributed by atoms with E-state index in [2.05, 4.69) is 32.2 Å². The number of aliphatic hydroxyl groups excluding tert-OH is 6. The van der Waals surface area contributed by atoms with Crippen LogP contribution in [-0.2, 0) is 14.3 Å². The van der Waals surface area contributed by atoms with Gasteiger partial charge in [-0.15, -0.1) is 0 Å². The summed E-state index contributed by atoms with van der Waals surface area (Å²) >= 11 is 0. The SMILES string of the molecule is CCCCCCCC[C@@H](O)C(=O)N[C@@H](CO[C@@H]1OC(CO)[C@H](O)[C@H](O)C1O)[C@H](O)/C=C/CC/C=C(\C)CCCC. The molecule has 0 aromatic rings. The van der Waals surface area contributed by atoms with E-state index in [1.165, 1.54) is 12.0 Å². The number of amides is 1. The van der Waals surface area contributed by atoms with Crippen LogP contribution >= 0.6 is 0 Å². The van der Waals surface area contributed by atoms with Gasteiger partial charge in [-0.3, -0.25) is 4.79 Å². The number of hydrogen-bond donors (Lipinski definition) is 7. The van der Waals surface area contributed by atoms with Crippen molar-refractivity contribution in [3.05, 3.63) is 23.8 Å². The molecule has 1 rings (SSSR count). The van der Waals surface area contributed by atoms with E-state index < -0.39 is 61.5 Å². The molecule has 1 heterocycles. The molecule has 1 amide bonds. The lowest BCUT2D eigenvalue weighted by atomic mass is 9.99. The number of rotatable bonds is 21. The summed E-state index contributed by atoms with van der Waals surface area (Å²) in [5, 5.41) is 63.5. The molecule has 1 saturated heterocycles. The van der Waals surface area contributed by atoms with Crippen LogP contribution < -0.4 is 5.32 Å². The minimum atomic E-state index is -1.61. The maximum atomic E-state index is 12.7. The molecule has 1 fully saturated rings. The standard InChI is InChI=1S/C30H55NO9/c1-4-6-8-9-10-13-18-24(34)29(38)31-22(23(33)17-14-11-12-16-21(3)15-7-5-2)20-39-30-28(37)27(36)26(35)25(19-32)40-30/h14,16-17,22-28,30,32-37H,4-13,15,18-20H2,1-3H3,(H,31,38)/b17-14+,21-16+/t22-,23+,24+,25?,26-,27-,28?,30+/m0/s1. The first-order valence-corrected chi connectivity index (χ1v) is 15.1. The van der Waals surface area contributed by atoms with E-state index >= 15 is 0 Å². The highest BCUT2D eigenvalue weighted by molar-refractivity contribution is 5.80. The van der Waals surface area contributed by atoms with Gasteiger partial charge < -0.3 is 45.4 Å². The minimum Gasteiger partial charge on any atom is -0.394 e. The van der Waals surface area contributed by atoms with Crippen molar-refractivity contribution in [1.29, 1.82) is 0 Å². The van der Waals surface area contributed by atoms with Crippen molar-refractivity contribution in [2.75, 3.05) is 13.2 Å². The third kappa shape index (κ3) is 14.0. The average molecular weight is 574 g/mol. The minimum absolute atomic E-state index is 0.300. The van der Waals surface area contributed by atoms with E-state index in [0.29, 0.717) is 19.3 Å². The molecule has 0 aromatic carbocycles. The first kappa shape index (κ1) is 36.7. The predicted molar refractivity (Wildman–Crippen MR) is 153 cm³/mol. The monoisotopic (exact) mass is 573 g/mol. The maximum Gasteiger partial charge on any atom is 0.249 e. The van der Waals surface area contributed by atoms with E-state index in [4.69, 9.17) is 9.47 Å². The maximum absolute atomic E-state index is 12.7. The average Bonchev–Trinajstić information content (AvgIpc) is 2.94. The Bertz CT molecular complexity index is 730. The van der Waals surface area contributed by atoms with Gasteiger partial charge in [-0.1, -0.05) is 82.6 Å². The van der Waals surface area contributed by atoms with Gasteiger partial charge in [0.05, 0.1) is 25.4 Å². The Morgan fingerprint density at radius 1 is 0.950 bits per heavy atom. The van der Waals surface area contributed by atoms with Crippen molar-refractivity contribution < 1.29 is 44.9 Å². The van der Waals surface area contributed by atoms with Gasteiger partial charge in [0, 0.05) is 0 Å². The third-order valence-corrected chi connectivity index (χ3v) is 7.25. The Kier molecular flexibility index (Phi) is 19.6. The number of ether oxygens (including phenoxy) is 2. The van der Waals surface area contributed by atoms with Gasteiger partial charge in [0.15, 0.2) is 6.29 Å². The Morgan fingerprint density at radius 3 is 2.30 bits per heavy atom. The van der Waals surface area contributed by atoms with E-state index in [9.17, 15) is 35.4 Å². The second-order valence-corrected chi connectivity index (χ2v) is 10.9. The van der Waals surface area contributed by atoms with Crippen LogP contribution in [0.25, 0.3) is 0 Å². The molecular weight excluding hydrogens is 518 g/mol. The van der Waals surface area contributed by atoms with Crippen LogP contribution in [0.15, 0.2) is 23.8 Å². The summed E-state index contributed by atoms with van der Waals surface area (Å²) in [4.78, 5) is 12.7. The van der Waals surface area contributed by atoms with Gasteiger partial charge in [-0.05, 0) is 39.0 Å². The van der Waals surface area contributed by atoms with E-state index in [1.807, 2.05) is 6.08 Å². The van der Waals surface area contributed by atoms with Gasteiger partial charge in [-0.25, -0.2) is 0 Å². The number of nitrogens with one attached hydrogen (secondary N) is 1. The van der Waals surface area contributed by atoms with Gasteiger partial charge in [-0.2, -0.15) is 0 Å². The smallest absolute Gasteiger partial charge is 0.249 e. The first-order chi connectivity index (χ1) is 19.2. The molecule has 234 valence electrons. The molecule has 1 aliphatic rings. The van der Waals surface area contributed by atoms with Crippen molar-refractivity contribution in [3.63, 3.8) is 0 Å². The lowest BCUT2D eigenvalue weighted by Crippen LogP contribution is -2.60. The number of aliphatic hydroxyl groups is 6. The molecule has 40 heavy (non-hydrogen) atoms. The second-order valence-electron chi connectivity index (χ2n) is 10.9.